The summed E-state index contributed by atoms with van der Waals surface area (Å²) in [4.78, 5) is 7.30. The molecule has 3 aromatic rings. The number of para-hydroxylation sites is 1. The van der Waals surface area contributed by atoms with Crippen LogP contribution < -0.4 is 0 Å². The molecular formula is C17H16N2O2. The molecule has 1 atom stereocenters. The highest BCUT2D eigenvalue weighted by molar-refractivity contribution is 6.02. The van der Waals surface area contributed by atoms with Crippen LogP contribution in [0.3, 0.4) is 0 Å². The van der Waals surface area contributed by atoms with E-state index in [2.05, 4.69) is 9.98 Å². The highest BCUT2D eigenvalue weighted by Gasteiger charge is 2.07. The molecule has 0 saturated carbocycles. The Morgan fingerprint density at radius 2 is 1.95 bits per heavy atom. The number of aromatic hydroxyl groups is 1. The van der Waals surface area contributed by atoms with Crippen molar-refractivity contribution in [3.8, 4) is 5.88 Å². The maximum Gasteiger partial charge on any atom is 0.198 e. The van der Waals surface area contributed by atoms with Crippen LogP contribution in [-0.4, -0.2) is 21.4 Å². The number of benzene rings is 2. The first-order chi connectivity index (χ1) is 10.1. The average Bonchev–Trinajstić information content (AvgIpc) is 2.81. The average molecular weight is 280 g/mol. The Kier molecular flexibility index (Phi) is 3.46. The van der Waals surface area contributed by atoms with Gasteiger partial charge in [0.05, 0.1) is 17.4 Å². The van der Waals surface area contributed by atoms with Crippen molar-refractivity contribution in [1.82, 2.24) is 4.98 Å². The van der Waals surface area contributed by atoms with Gasteiger partial charge in [-0.2, -0.15) is 0 Å². The number of aliphatic imine (C=N–C) groups is 1. The molecule has 4 heteroatoms. The lowest BCUT2D eigenvalue weighted by atomic mass is 10.1. The summed E-state index contributed by atoms with van der Waals surface area (Å²) in [6, 6.07) is 15.0. The molecule has 0 aliphatic rings. The Morgan fingerprint density at radius 3 is 2.76 bits per heavy atom. The minimum Gasteiger partial charge on any atom is -0.494 e. The number of hydrogen-bond acceptors (Lipinski definition) is 3. The zero-order valence-electron chi connectivity index (χ0n) is 11.6. The summed E-state index contributed by atoms with van der Waals surface area (Å²) in [5.74, 6) is 0.103. The predicted octanol–water partition coefficient (Wildman–Crippen LogP) is 3.68. The minimum absolute atomic E-state index is 0.103. The number of hydrogen-bond donors (Lipinski definition) is 3. The number of nitrogens with zero attached hydrogens (tertiary/aromatic N) is 1. The smallest absolute Gasteiger partial charge is 0.198 e. The molecular weight excluding hydrogens is 264 g/mol. The molecule has 1 heterocycles. The number of aliphatic hydroxyl groups is 1. The van der Waals surface area contributed by atoms with Gasteiger partial charge < -0.3 is 15.2 Å². The van der Waals surface area contributed by atoms with Crippen molar-refractivity contribution in [2.75, 3.05) is 0 Å². The highest BCUT2D eigenvalue weighted by Crippen LogP contribution is 2.26. The number of nitrogens with one attached hydrogen (secondary N) is 1. The first-order valence-corrected chi connectivity index (χ1v) is 6.77. The van der Waals surface area contributed by atoms with Gasteiger partial charge in [-0.15, -0.1) is 0 Å². The van der Waals surface area contributed by atoms with E-state index in [-0.39, 0.29) is 5.88 Å². The van der Waals surface area contributed by atoms with E-state index in [1.165, 1.54) is 0 Å². The molecule has 0 saturated heterocycles. The van der Waals surface area contributed by atoms with Crippen molar-refractivity contribution in [1.29, 1.82) is 0 Å². The summed E-state index contributed by atoms with van der Waals surface area (Å²) in [6.45, 7) is 1.72. The second-order valence-corrected chi connectivity index (χ2v) is 4.96. The molecule has 0 fully saturated rings. The first-order valence-electron chi connectivity index (χ1n) is 6.77. The maximum absolute atomic E-state index is 9.97. The molecule has 3 N–H and O–H groups in total. The van der Waals surface area contributed by atoms with Crippen molar-refractivity contribution in [2.24, 2.45) is 4.99 Å². The highest BCUT2D eigenvalue weighted by atomic mass is 16.3. The fourth-order valence-corrected chi connectivity index (χ4v) is 2.28. The van der Waals surface area contributed by atoms with E-state index >= 15 is 0 Å². The van der Waals surface area contributed by atoms with Gasteiger partial charge in [-0.1, -0.05) is 30.3 Å². The van der Waals surface area contributed by atoms with E-state index in [0.29, 0.717) is 5.56 Å². The van der Waals surface area contributed by atoms with E-state index in [1.807, 2.05) is 48.5 Å². The normalized spacial score (nSPS) is 13.0. The van der Waals surface area contributed by atoms with Gasteiger partial charge in [0, 0.05) is 17.1 Å². The molecule has 0 amide bonds. The molecule has 0 aliphatic heterocycles. The summed E-state index contributed by atoms with van der Waals surface area (Å²) in [7, 11) is 0. The third kappa shape index (κ3) is 2.66. The van der Waals surface area contributed by atoms with E-state index < -0.39 is 6.10 Å². The van der Waals surface area contributed by atoms with E-state index in [4.69, 9.17) is 0 Å². The SMILES string of the molecule is CC(O)c1cccc(N=Cc2c(O)[nH]c3ccccc23)c1. The Hall–Kier alpha value is -2.59. The minimum atomic E-state index is -0.526. The fourth-order valence-electron chi connectivity index (χ4n) is 2.28. The molecule has 0 aliphatic carbocycles. The third-order valence-electron chi connectivity index (χ3n) is 3.42. The number of aromatic amines is 1. The summed E-state index contributed by atoms with van der Waals surface area (Å²) < 4.78 is 0. The number of aliphatic hydroxyl groups excluding tert-OH is 1. The van der Waals surface area contributed by atoms with E-state index in [9.17, 15) is 10.2 Å². The van der Waals surface area contributed by atoms with Crippen LogP contribution in [0.4, 0.5) is 5.69 Å². The molecule has 0 radical (unpaired) electrons. The second-order valence-electron chi connectivity index (χ2n) is 4.96. The van der Waals surface area contributed by atoms with Gasteiger partial charge in [-0.05, 0) is 30.7 Å². The van der Waals surface area contributed by atoms with Crippen LogP contribution in [0, 0.1) is 0 Å². The molecule has 0 bridgehead atoms. The first kappa shape index (κ1) is 13.4. The topological polar surface area (TPSA) is 68.6 Å². The van der Waals surface area contributed by atoms with Gasteiger partial charge in [-0.3, -0.25) is 4.99 Å². The van der Waals surface area contributed by atoms with Crippen molar-refractivity contribution in [2.45, 2.75) is 13.0 Å². The Labute approximate surface area is 122 Å². The molecule has 0 spiro atoms. The van der Waals surface area contributed by atoms with Crippen molar-refractivity contribution >= 4 is 22.8 Å². The van der Waals surface area contributed by atoms with Crippen molar-refractivity contribution < 1.29 is 10.2 Å². The van der Waals surface area contributed by atoms with Crippen LogP contribution in [0.25, 0.3) is 10.9 Å². The second kappa shape index (κ2) is 5.42. The van der Waals surface area contributed by atoms with Crippen LogP contribution in [0.15, 0.2) is 53.5 Å². The molecule has 106 valence electrons. The quantitative estimate of drug-likeness (QED) is 0.641. The van der Waals surface area contributed by atoms with Crippen molar-refractivity contribution in [3.05, 3.63) is 59.7 Å². The zero-order chi connectivity index (χ0) is 14.8. The van der Waals surface area contributed by atoms with Crippen LogP contribution in [0.1, 0.15) is 24.2 Å². The van der Waals surface area contributed by atoms with Crippen molar-refractivity contribution in [3.63, 3.8) is 0 Å². The molecule has 4 nitrogen and oxygen atoms in total. The van der Waals surface area contributed by atoms with Crippen LogP contribution in [-0.2, 0) is 0 Å². The lowest BCUT2D eigenvalue weighted by molar-refractivity contribution is 0.199. The van der Waals surface area contributed by atoms with Gasteiger partial charge in [-0.25, -0.2) is 0 Å². The Bertz CT molecular complexity index is 803. The van der Waals surface area contributed by atoms with Crippen LogP contribution in [0.2, 0.25) is 0 Å². The lowest BCUT2D eigenvalue weighted by Gasteiger charge is -2.04. The Morgan fingerprint density at radius 1 is 1.14 bits per heavy atom. The largest absolute Gasteiger partial charge is 0.494 e. The summed E-state index contributed by atoms with van der Waals surface area (Å²) >= 11 is 0. The maximum atomic E-state index is 9.97. The molecule has 1 unspecified atom stereocenters. The number of fused-ring (bicyclic) bond motifs is 1. The third-order valence-corrected chi connectivity index (χ3v) is 3.42. The Balaban J connectivity index is 1.98. The van der Waals surface area contributed by atoms with E-state index in [1.54, 1.807) is 13.1 Å². The fraction of sp³-hybridized carbons (Fsp3) is 0.118. The van der Waals surface area contributed by atoms with Gasteiger partial charge in [0.1, 0.15) is 0 Å². The summed E-state index contributed by atoms with van der Waals surface area (Å²) in [5.41, 5.74) is 3.08. The molecule has 21 heavy (non-hydrogen) atoms. The number of H-pyrrole nitrogens is 1. The molecule has 2 aromatic carbocycles. The summed E-state index contributed by atoms with van der Waals surface area (Å²) in [5, 5.41) is 20.5. The molecule has 1 aromatic heterocycles. The van der Waals surface area contributed by atoms with E-state index in [0.717, 1.165) is 22.2 Å². The lowest BCUT2D eigenvalue weighted by Crippen LogP contribution is -1.89. The predicted molar refractivity (Wildman–Crippen MR) is 84.3 cm³/mol. The monoisotopic (exact) mass is 280 g/mol. The summed E-state index contributed by atoms with van der Waals surface area (Å²) in [6.07, 6.45) is 1.11. The van der Waals surface area contributed by atoms with Crippen LogP contribution >= 0.6 is 0 Å². The zero-order valence-corrected chi connectivity index (χ0v) is 11.6. The van der Waals surface area contributed by atoms with Gasteiger partial charge in [0.25, 0.3) is 0 Å². The number of rotatable bonds is 3. The molecule has 3 rings (SSSR count). The van der Waals surface area contributed by atoms with Gasteiger partial charge in [0.2, 0.25) is 0 Å². The van der Waals surface area contributed by atoms with Gasteiger partial charge in [0.15, 0.2) is 5.88 Å². The standard InChI is InChI=1S/C17H16N2O2/c1-11(20)12-5-4-6-13(9-12)18-10-15-14-7-2-3-8-16(14)19-17(15)21/h2-11,19-21H,1H3. The van der Waals surface area contributed by atoms with Crippen LogP contribution in [0.5, 0.6) is 5.88 Å². The number of aromatic nitrogens is 1. The van der Waals surface area contributed by atoms with Gasteiger partial charge >= 0.3 is 0 Å².